The van der Waals surface area contributed by atoms with Crippen molar-refractivity contribution in [3.8, 4) is 0 Å². The molecule has 0 bridgehead atoms. The minimum Gasteiger partial charge on any atom is -0.469 e. The van der Waals surface area contributed by atoms with Crippen molar-refractivity contribution in [3.63, 3.8) is 0 Å². The van der Waals surface area contributed by atoms with Crippen LogP contribution in [0.25, 0.3) is 0 Å². The molecule has 28 heavy (non-hydrogen) atoms. The van der Waals surface area contributed by atoms with Gasteiger partial charge in [-0.05, 0) is 70.6 Å². The van der Waals surface area contributed by atoms with Crippen LogP contribution in [0.1, 0.15) is 122 Å². The first-order valence-electron chi connectivity index (χ1n) is 12.6. The second kappa shape index (κ2) is 13.6. The van der Waals surface area contributed by atoms with Gasteiger partial charge >= 0.3 is 5.97 Å². The van der Waals surface area contributed by atoms with Gasteiger partial charge < -0.3 is 9.22 Å². The molecule has 2 aliphatic carbocycles. The highest BCUT2D eigenvalue weighted by molar-refractivity contribution is 5.68. The third kappa shape index (κ3) is 8.05. The average Bonchev–Trinajstić information content (AvgIpc) is 2.75. The number of carbonyl (C=O) groups excluding carboxylic acids is 1. The number of hydrogen-bond acceptors (Lipinski definition) is 2. The third-order valence-electron chi connectivity index (χ3n) is 7.82. The number of esters is 1. The zero-order chi connectivity index (χ0) is 20.1. The van der Waals surface area contributed by atoms with E-state index in [0.29, 0.717) is 6.42 Å². The van der Waals surface area contributed by atoms with Crippen molar-refractivity contribution in [2.45, 2.75) is 134 Å². The highest BCUT2D eigenvalue weighted by Crippen LogP contribution is 2.35. The van der Waals surface area contributed by atoms with Crippen LogP contribution in [-0.4, -0.2) is 43.2 Å². The molecule has 2 aliphatic rings. The van der Waals surface area contributed by atoms with Crippen molar-refractivity contribution in [3.05, 3.63) is 0 Å². The number of carbonyl (C=O) groups is 1. The van der Waals surface area contributed by atoms with Crippen molar-refractivity contribution in [2.24, 2.45) is 0 Å². The molecule has 0 aromatic rings. The molecule has 2 fully saturated rings. The predicted octanol–water partition coefficient (Wildman–Crippen LogP) is 6.78. The van der Waals surface area contributed by atoms with E-state index in [1.54, 1.807) is 0 Å². The van der Waals surface area contributed by atoms with Crippen LogP contribution in [0.3, 0.4) is 0 Å². The number of quaternary nitrogens is 1. The number of nitrogens with zero attached hydrogens (tertiary/aromatic N) is 1. The molecule has 0 spiro atoms. The van der Waals surface area contributed by atoms with Gasteiger partial charge in [0.2, 0.25) is 0 Å². The molecule has 164 valence electrons. The van der Waals surface area contributed by atoms with Gasteiger partial charge in [0.25, 0.3) is 0 Å². The molecule has 0 amide bonds. The molecule has 0 N–H and O–H groups in total. The summed E-state index contributed by atoms with van der Waals surface area (Å²) in [4.78, 5) is 11.1. The van der Waals surface area contributed by atoms with Gasteiger partial charge in [-0.2, -0.15) is 0 Å². The lowest BCUT2D eigenvalue weighted by atomic mass is 9.86. The Bertz CT molecular complexity index is 393. The smallest absolute Gasteiger partial charge is 0.305 e. The maximum absolute atomic E-state index is 11.1. The molecule has 0 aromatic heterocycles. The second-order valence-electron chi connectivity index (χ2n) is 9.81. The number of hydrogen-bond donors (Lipinski definition) is 0. The quantitative estimate of drug-likeness (QED) is 0.195. The Balaban J connectivity index is 1.61. The molecule has 0 atom stereocenters. The van der Waals surface area contributed by atoms with Crippen molar-refractivity contribution in [1.82, 2.24) is 0 Å². The lowest BCUT2D eigenvalue weighted by Crippen LogP contribution is -2.60. The van der Waals surface area contributed by atoms with E-state index in [0.717, 1.165) is 18.5 Å². The zero-order valence-electron chi connectivity index (χ0n) is 19.1. The number of methoxy groups -OCH3 is 1. The van der Waals surface area contributed by atoms with E-state index in [9.17, 15) is 4.79 Å². The lowest BCUT2D eigenvalue weighted by Gasteiger charge is -2.50. The Morgan fingerprint density at radius 1 is 0.714 bits per heavy atom. The SMILES string of the molecule is COC(=O)CCCCCCCCCC[N+](C)(C1CCCCC1)C1CCCCC1. The average molecular weight is 395 g/mol. The monoisotopic (exact) mass is 394 g/mol. The van der Waals surface area contributed by atoms with E-state index in [1.165, 1.54) is 127 Å². The van der Waals surface area contributed by atoms with Crippen molar-refractivity contribution in [1.29, 1.82) is 0 Å². The van der Waals surface area contributed by atoms with E-state index in [-0.39, 0.29) is 5.97 Å². The van der Waals surface area contributed by atoms with Gasteiger partial charge in [-0.15, -0.1) is 0 Å². The van der Waals surface area contributed by atoms with E-state index in [1.807, 2.05) is 0 Å². The van der Waals surface area contributed by atoms with Crippen LogP contribution < -0.4 is 0 Å². The highest BCUT2D eigenvalue weighted by Gasteiger charge is 2.40. The Morgan fingerprint density at radius 3 is 1.61 bits per heavy atom. The summed E-state index contributed by atoms with van der Waals surface area (Å²) in [5.74, 6) is -0.0582. The van der Waals surface area contributed by atoms with Crippen molar-refractivity contribution >= 4 is 5.97 Å². The summed E-state index contributed by atoms with van der Waals surface area (Å²) in [6.07, 6.45) is 25.7. The Labute approximate surface area is 175 Å². The largest absolute Gasteiger partial charge is 0.469 e. The first-order valence-corrected chi connectivity index (χ1v) is 12.6. The summed E-state index contributed by atoms with van der Waals surface area (Å²) in [5.41, 5.74) is 0. The topological polar surface area (TPSA) is 26.3 Å². The lowest BCUT2D eigenvalue weighted by molar-refractivity contribution is -0.959. The minimum absolute atomic E-state index is 0.0582. The summed E-state index contributed by atoms with van der Waals surface area (Å²) in [6.45, 7) is 1.43. The first-order chi connectivity index (χ1) is 13.7. The zero-order valence-corrected chi connectivity index (χ0v) is 19.1. The number of rotatable bonds is 13. The van der Waals surface area contributed by atoms with E-state index >= 15 is 0 Å². The summed E-state index contributed by atoms with van der Waals surface area (Å²) >= 11 is 0. The van der Waals surface area contributed by atoms with E-state index < -0.39 is 0 Å². The normalized spacial score (nSPS) is 19.6. The van der Waals surface area contributed by atoms with Gasteiger partial charge in [0.1, 0.15) is 0 Å². The Morgan fingerprint density at radius 2 is 1.14 bits per heavy atom. The summed E-state index contributed by atoms with van der Waals surface area (Å²) in [7, 11) is 4.11. The van der Waals surface area contributed by atoms with Crippen LogP contribution in [0.2, 0.25) is 0 Å². The van der Waals surface area contributed by atoms with Crippen LogP contribution in [0.15, 0.2) is 0 Å². The van der Waals surface area contributed by atoms with Crippen LogP contribution in [0, 0.1) is 0 Å². The molecule has 0 aromatic carbocycles. The molecule has 2 saturated carbocycles. The summed E-state index contributed by atoms with van der Waals surface area (Å²) in [5, 5.41) is 0. The van der Waals surface area contributed by atoms with Gasteiger partial charge in [0.15, 0.2) is 0 Å². The number of unbranched alkanes of at least 4 members (excludes halogenated alkanes) is 7. The van der Waals surface area contributed by atoms with Crippen LogP contribution in [0.5, 0.6) is 0 Å². The Hall–Kier alpha value is -0.570. The summed E-state index contributed by atoms with van der Waals surface area (Å²) < 4.78 is 6.11. The molecule has 0 heterocycles. The van der Waals surface area contributed by atoms with Gasteiger partial charge in [-0.25, -0.2) is 0 Å². The maximum Gasteiger partial charge on any atom is 0.305 e. The first kappa shape index (κ1) is 23.7. The van der Waals surface area contributed by atoms with Gasteiger partial charge in [-0.1, -0.05) is 44.9 Å². The van der Waals surface area contributed by atoms with Gasteiger partial charge in [-0.3, -0.25) is 4.79 Å². The molecule has 0 radical (unpaired) electrons. The predicted molar refractivity (Wildman–Crippen MR) is 118 cm³/mol. The molecule has 2 rings (SSSR count). The van der Waals surface area contributed by atoms with E-state index in [2.05, 4.69) is 7.05 Å². The number of ether oxygens (including phenoxy) is 1. The fraction of sp³-hybridized carbons (Fsp3) is 0.960. The van der Waals surface area contributed by atoms with Crippen LogP contribution in [0.4, 0.5) is 0 Å². The molecular formula is C25H48NO2+. The highest BCUT2D eigenvalue weighted by atomic mass is 16.5. The molecule has 3 heteroatoms. The van der Waals surface area contributed by atoms with Crippen molar-refractivity contribution in [2.75, 3.05) is 20.7 Å². The van der Waals surface area contributed by atoms with Crippen molar-refractivity contribution < 1.29 is 14.0 Å². The second-order valence-corrected chi connectivity index (χ2v) is 9.81. The minimum atomic E-state index is -0.0582. The fourth-order valence-corrected chi connectivity index (χ4v) is 5.89. The Kier molecular flexibility index (Phi) is 11.5. The standard InChI is InChI=1S/C25H48NO2/c1-26(23-17-11-9-12-18-23,24-19-13-10-14-20-24)22-16-8-6-4-3-5-7-15-21-25(27)28-2/h23-24H,3-22H2,1-2H3/q+1. The molecular weight excluding hydrogens is 346 g/mol. The fourth-order valence-electron chi connectivity index (χ4n) is 5.89. The molecule has 0 unspecified atom stereocenters. The molecule has 3 nitrogen and oxygen atoms in total. The third-order valence-corrected chi connectivity index (χ3v) is 7.82. The van der Waals surface area contributed by atoms with Crippen LogP contribution in [-0.2, 0) is 9.53 Å². The van der Waals surface area contributed by atoms with Crippen LogP contribution >= 0.6 is 0 Å². The van der Waals surface area contributed by atoms with E-state index in [4.69, 9.17) is 4.74 Å². The molecule has 0 aliphatic heterocycles. The van der Waals surface area contributed by atoms with Gasteiger partial charge in [0.05, 0.1) is 32.8 Å². The van der Waals surface area contributed by atoms with Gasteiger partial charge in [0, 0.05) is 6.42 Å². The maximum atomic E-state index is 11.1. The molecule has 0 saturated heterocycles. The summed E-state index contributed by atoms with van der Waals surface area (Å²) in [6, 6.07) is 1.90.